The molecule has 0 radical (unpaired) electrons. The second-order valence-corrected chi connectivity index (χ2v) is 17.6. The maximum Gasteiger partial charge on any atom is 0.235 e. The highest BCUT2D eigenvalue weighted by atomic mass is 28.3. The minimum absolute atomic E-state index is 0.670. The monoisotopic (exact) mass is 705 g/mol. The second-order valence-electron chi connectivity index (χ2n) is 13.8. The van der Waals surface area contributed by atoms with E-state index >= 15 is 0 Å². The number of fused-ring (bicyclic) bond motifs is 4. The number of nitrogens with zero attached hydrogens (tertiary/aromatic N) is 3. The molecule has 8 aromatic carbocycles. The van der Waals surface area contributed by atoms with Crippen LogP contribution in [0.25, 0.3) is 61.0 Å². The first-order valence-electron chi connectivity index (χ1n) is 18.4. The van der Waals surface area contributed by atoms with Gasteiger partial charge in [0.1, 0.15) is 0 Å². The number of para-hydroxylation sites is 3. The van der Waals surface area contributed by atoms with Gasteiger partial charge in [0.2, 0.25) is 5.95 Å². The van der Waals surface area contributed by atoms with Crippen LogP contribution in [0.4, 0.5) is 0 Å². The fourth-order valence-electron chi connectivity index (χ4n) is 8.32. The molecule has 0 N–H and O–H groups in total. The number of benzene rings is 8. The molecule has 0 unspecified atom stereocenters. The van der Waals surface area contributed by atoms with Crippen LogP contribution >= 0.6 is 0 Å². The van der Waals surface area contributed by atoms with Crippen molar-refractivity contribution in [2.45, 2.75) is 0 Å². The maximum atomic E-state index is 5.30. The fraction of sp³-hybridized carbons (Fsp3) is 0. The summed E-state index contributed by atoms with van der Waals surface area (Å²) >= 11 is 0. The molecule has 10 rings (SSSR count). The van der Waals surface area contributed by atoms with Gasteiger partial charge >= 0.3 is 0 Å². The van der Waals surface area contributed by atoms with Crippen molar-refractivity contribution in [3.63, 3.8) is 0 Å². The minimum atomic E-state index is -2.58. The van der Waals surface area contributed by atoms with Crippen molar-refractivity contribution in [3.8, 4) is 28.3 Å². The Morgan fingerprint density at radius 2 is 0.704 bits per heavy atom. The highest BCUT2D eigenvalue weighted by Gasteiger charge is 2.41. The van der Waals surface area contributed by atoms with Crippen LogP contribution in [-0.2, 0) is 0 Å². The summed E-state index contributed by atoms with van der Waals surface area (Å²) in [5, 5.41) is 8.89. The summed E-state index contributed by atoms with van der Waals surface area (Å²) in [6.07, 6.45) is 0. The molecular weight excluding hydrogens is 671 g/mol. The zero-order valence-electron chi connectivity index (χ0n) is 29.5. The Morgan fingerprint density at radius 3 is 1.22 bits per heavy atom. The third-order valence-corrected chi connectivity index (χ3v) is 15.6. The molecule has 10 aromatic rings. The summed E-state index contributed by atoms with van der Waals surface area (Å²) in [5.74, 6) is 0.670. The van der Waals surface area contributed by atoms with E-state index in [9.17, 15) is 0 Å². The molecule has 0 bridgehead atoms. The molecule has 0 aliphatic carbocycles. The summed E-state index contributed by atoms with van der Waals surface area (Å²) < 4.78 is 2.19. The highest BCUT2D eigenvalue weighted by Crippen LogP contribution is 2.34. The standard InChI is InChI=1S/C50H35N3Si/c1-4-16-39(17-5-1)54(40-18-6-2-7-19-40,41-20-8-3-9-21-41)42-34-32-37(33-35-42)36-28-30-38(31-29-36)49-45-24-10-13-25-46(45)51-50(52-49)53-47-26-14-11-22-43(47)44-23-12-15-27-48(44)53/h1-35H. The van der Waals surface area contributed by atoms with E-state index in [4.69, 9.17) is 9.97 Å². The van der Waals surface area contributed by atoms with Gasteiger partial charge in [0.25, 0.3) is 0 Å². The third-order valence-electron chi connectivity index (χ3n) is 10.8. The highest BCUT2D eigenvalue weighted by molar-refractivity contribution is 7.19. The molecule has 254 valence electrons. The molecule has 0 aliphatic heterocycles. The molecule has 2 aromatic heterocycles. The van der Waals surface area contributed by atoms with Crippen LogP contribution in [0, 0.1) is 0 Å². The van der Waals surface area contributed by atoms with Gasteiger partial charge in [-0.1, -0.05) is 194 Å². The van der Waals surface area contributed by atoms with Gasteiger partial charge in [0.05, 0.1) is 22.2 Å². The Morgan fingerprint density at radius 1 is 0.315 bits per heavy atom. The summed E-state index contributed by atoms with van der Waals surface area (Å²) in [6, 6.07) is 76.7. The molecule has 0 aliphatic rings. The average molecular weight is 706 g/mol. The molecule has 54 heavy (non-hydrogen) atoms. The van der Waals surface area contributed by atoms with Crippen molar-refractivity contribution >= 4 is 61.5 Å². The van der Waals surface area contributed by atoms with Crippen molar-refractivity contribution in [1.82, 2.24) is 14.5 Å². The van der Waals surface area contributed by atoms with Gasteiger partial charge in [-0.15, -0.1) is 0 Å². The van der Waals surface area contributed by atoms with Gasteiger partial charge in [-0.2, -0.15) is 0 Å². The second kappa shape index (κ2) is 13.3. The first-order chi connectivity index (χ1) is 26.8. The molecular formula is C50H35N3Si. The zero-order valence-corrected chi connectivity index (χ0v) is 30.5. The Labute approximate surface area is 315 Å². The molecule has 2 heterocycles. The van der Waals surface area contributed by atoms with Crippen molar-refractivity contribution in [2.24, 2.45) is 0 Å². The van der Waals surface area contributed by atoms with Gasteiger partial charge in [0, 0.05) is 21.7 Å². The van der Waals surface area contributed by atoms with Crippen molar-refractivity contribution < 1.29 is 0 Å². The number of aromatic nitrogens is 3. The largest absolute Gasteiger partial charge is 0.278 e. The van der Waals surface area contributed by atoms with Crippen LogP contribution in [0.2, 0.25) is 0 Å². The summed E-state index contributed by atoms with van der Waals surface area (Å²) in [5.41, 5.74) is 7.43. The topological polar surface area (TPSA) is 30.7 Å². The smallest absolute Gasteiger partial charge is 0.235 e. The van der Waals surface area contributed by atoms with Crippen LogP contribution in [0.1, 0.15) is 0 Å². The van der Waals surface area contributed by atoms with Gasteiger partial charge < -0.3 is 0 Å². The van der Waals surface area contributed by atoms with Crippen LogP contribution in [0.3, 0.4) is 0 Å². The predicted molar refractivity (Wildman–Crippen MR) is 228 cm³/mol. The lowest BCUT2D eigenvalue weighted by atomic mass is 10.0. The number of hydrogen-bond donors (Lipinski definition) is 0. The van der Waals surface area contributed by atoms with E-state index in [0.717, 1.165) is 38.8 Å². The zero-order chi connectivity index (χ0) is 35.9. The number of rotatable bonds is 7. The van der Waals surface area contributed by atoms with Crippen molar-refractivity contribution in [2.75, 3.05) is 0 Å². The molecule has 0 saturated heterocycles. The van der Waals surface area contributed by atoms with Gasteiger partial charge in [-0.05, 0) is 50.1 Å². The number of hydrogen-bond acceptors (Lipinski definition) is 2. The molecule has 3 nitrogen and oxygen atoms in total. The summed E-state index contributed by atoms with van der Waals surface area (Å²) in [6.45, 7) is 0. The lowest BCUT2D eigenvalue weighted by molar-refractivity contribution is 1.01. The molecule has 0 saturated carbocycles. The van der Waals surface area contributed by atoms with Crippen molar-refractivity contribution in [3.05, 3.63) is 212 Å². The van der Waals surface area contributed by atoms with E-state index in [1.807, 2.05) is 6.07 Å². The van der Waals surface area contributed by atoms with E-state index in [1.54, 1.807) is 0 Å². The molecule has 4 heteroatoms. The Hall–Kier alpha value is -6.88. The van der Waals surface area contributed by atoms with Crippen LogP contribution in [0.15, 0.2) is 212 Å². The summed E-state index contributed by atoms with van der Waals surface area (Å²) in [7, 11) is -2.58. The quantitative estimate of drug-likeness (QED) is 0.122. The van der Waals surface area contributed by atoms with Crippen LogP contribution in [0.5, 0.6) is 0 Å². The van der Waals surface area contributed by atoms with Crippen LogP contribution in [-0.4, -0.2) is 22.6 Å². The van der Waals surface area contributed by atoms with Crippen molar-refractivity contribution in [1.29, 1.82) is 0 Å². The normalized spacial score (nSPS) is 11.7. The SMILES string of the molecule is c1ccc([Si](c2ccccc2)(c2ccccc2)c2ccc(-c3ccc(-c4nc(-n5c6ccccc6c6ccccc65)nc5ccccc45)cc3)cc2)cc1. The minimum Gasteiger partial charge on any atom is -0.278 e. The Kier molecular flexibility index (Phi) is 7.82. The summed E-state index contributed by atoms with van der Waals surface area (Å²) in [4.78, 5) is 10.4. The fourth-order valence-corrected chi connectivity index (χ4v) is 13.1. The van der Waals surface area contributed by atoms with Crippen LogP contribution < -0.4 is 20.7 Å². The van der Waals surface area contributed by atoms with Gasteiger partial charge in [0.15, 0.2) is 8.07 Å². The Balaban J connectivity index is 1.07. The lowest BCUT2D eigenvalue weighted by Crippen LogP contribution is -2.74. The predicted octanol–water partition coefficient (Wildman–Crippen LogP) is 9.44. The Bertz CT molecular complexity index is 2750. The van der Waals surface area contributed by atoms with E-state index in [1.165, 1.54) is 37.1 Å². The molecule has 0 spiro atoms. The van der Waals surface area contributed by atoms with E-state index in [-0.39, 0.29) is 0 Å². The molecule has 0 atom stereocenters. The first-order valence-corrected chi connectivity index (χ1v) is 20.4. The lowest BCUT2D eigenvalue weighted by Gasteiger charge is -2.34. The third kappa shape index (κ3) is 5.19. The maximum absolute atomic E-state index is 5.30. The van der Waals surface area contributed by atoms with Gasteiger partial charge in [-0.3, -0.25) is 4.57 Å². The first kappa shape index (κ1) is 31.8. The molecule has 0 amide bonds. The van der Waals surface area contributed by atoms with Gasteiger partial charge in [-0.25, -0.2) is 9.97 Å². The van der Waals surface area contributed by atoms with E-state index in [0.29, 0.717) is 5.95 Å². The van der Waals surface area contributed by atoms with E-state index < -0.39 is 8.07 Å². The average Bonchev–Trinajstić information content (AvgIpc) is 3.59. The van der Waals surface area contributed by atoms with E-state index in [2.05, 4.69) is 211 Å². The molecule has 0 fully saturated rings.